The van der Waals surface area contributed by atoms with Crippen LogP contribution in [-0.2, 0) is 4.79 Å². The Bertz CT molecular complexity index is 989. The lowest BCUT2D eigenvalue weighted by atomic mass is 10.1. The molecule has 0 radical (unpaired) electrons. The molecule has 0 unspecified atom stereocenters. The van der Waals surface area contributed by atoms with Gasteiger partial charge in [-0.15, -0.1) is 5.10 Å². The number of hydrogen-bond donors (Lipinski definition) is 0. The second-order valence-electron chi connectivity index (χ2n) is 6.58. The Hall–Kier alpha value is -3.35. The van der Waals surface area contributed by atoms with Crippen LogP contribution in [0.15, 0.2) is 48.8 Å². The fourth-order valence-electron chi connectivity index (χ4n) is 3.23. The van der Waals surface area contributed by atoms with Crippen molar-refractivity contribution < 1.29 is 4.79 Å². The predicted molar refractivity (Wildman–Crippen MR) is 104 cm³/mol. The molecule has 7 heteroatoms. The van der Waals surface area contributed by atoms with Gasteiger partial charge < -0.3 is 9.80 Å². The van der Waals surface area contributed by atoms with E-state index in [1.807, 2.05) is 55.1 Å². The number of benzene rings is 1. The Morgan fingerprint density at radius 3 is 2.70 bits per heavy atom. The molecule has 136 valence electrons. The first-order valence-corrected chi connectivity index (χ1v) is 8.85. The molecule has 7 nitrogen and oxygen atoms in total. The molecule has 1 amide bonds. The summed E-state index contributed by atoms with van der Waals surface area (Å²) in [4.78, 5) is 25.2. The molecule has 3 heterocycles. The van der Waals surface area contributed by atoms with Crippen molar-refractivity contribution in [3.8, 4) is 11.3 Å². The largest absolute Gasteiger partial charge is 0.328 e. The van der Waals surface area contributed by atoms with Crippen molar-refractivity contribution >= 4 is 17.5 Å². The molecular weight excluding hydrogens is 340 g/mol. The maximum absolute atomic E-state index is 12.7. The van der Waals surface area contributed by atoms with Crippen LogP contribution < -0.4 is 9.80 Å². The summed E-state index contributed by atoms with van der Waals surface area (Å²) >= 11 is 0. The number of nitrogens with zero attached hydrogens (tertiary/aromatic N) is 6. The van der Waals surface area contributed by atoms with Gasteiger partial charge in [-0.1, -0.05) is 24.3 Å². The molecule has 3 aromatic rings. The SMILES string of the molecule is Cc1cc(N2CCN(c3nncc(-c4ccccc4C)n3)CC2=O)ccn1. The second kappa shape index (κ2) is 7.11. The molecule has 0 bridgehead atoms. The first-order chi connectivity index (χ1) is 13.1. The highest BCUT2D eigenvalue weighted by atomic mass is 16.2. The average Bonchev–Trinajstić information content (AvgIpc) is 2.68. The van der Waals surface area contributed by atoms with Crippen LogP contribution in [0.5, 0.6) is 0 Å². The number of carbonyl (C=O) groups excluding carboxylic acids is 1. The van der Waals surface area contributed by atoms with Crippen LogP contribution in [0, 0.1) is 13.8 Å². The van der Waals surface area contributed by atoms with Crippen LogP contribution in [0.3, 0.4) is 0 Å². The van der Waals surface area contributed by atoms with Gasteiger partial charge in [0.2, 0.25) is 11.9 Å². The number of anilines is 2. The fourth-order valence-corrected chi connectivity index (χ4v) is 3.23. The van der Waals surface area contributed by atoms with Crippen molar-refractivity contribution in [1.29, 1.82) is 0 Å². The van der Waals surface area contributed by atoms with Crippen molar-refractivity contribution in [2.75, 3.05) is 29.4 Å². The van der Waals surface area contributed by atoms with Crippen molar-refractivity contribution in [2.24, 2.45) is 0 Å². The Kier molecular flexibility index (Phi) is 4.50. The summed E-state index contributed by atoms with van der Waals surface area (Å²) in [6.07, 6.45) is 3.38. The summed E-state index contributed by atoms with van der Waals surface area (Å²) in [5.41, 5.74) is 4.67. The third kappa shape index (κ3) is 3.48. The van der Waals surface area contributed by atoms with E-state index in [2.05, 4.69) is 20.2 Å². The molecule has 0 atom stereocenters. The highest BCUT2D eigenvalue weighted by Crippen LogP contribution is 2.23. The van der Waals surface area contributed by atoms with E-state index in [9.17, 15) is 4.79 Å². The molecule has 1 saturated heterocycles. The lowest BCUT2D eigenvalue weighted by molar-refractivity contribution is -0.117. The Balaban J connectivity index is 1.55. The summed E-state index contributed by atoms with van der Waals surface area (Å²) < 4.78 is 0. The normalized spacial score (nSPS) is 14.5. The standard InChI is InChI=1S/C20H20N6O/c1-14-5-3-4-6-17(14)18-12-22-24-20(23-18)25-9-10-26(19(27)13-25)16-7-8-21-15(2)11-16/h3-8,11-12H,9-10,13H2,1-2H3. The number of carbonyl (C=O) groups is 1. The van der Waals surface area contributed by atoms with Crippen molar-refractivity contribution in [3.05, 3.63) is 60.0 Å². The maximum Gasteiger partial charge on any atom is 0.246 e. The summed E-state index contributed by atoms with van der Waals surface area (Å²) in [6.45, 7) is 5.39. The van der Waals surface area contributed by atoms with Crippen molar-refractivity contribution in [2.45, 2.75) is 13.8 Å². The number of aryl methyl sites for hydroxylation is 2. The van der Waals surface area contributed by atoms with Gasteiger partial charge in [-0.25, -0.2) is 4.98 Å². The number of piperazine rings is 1. The van der Waals surface area contributed by atoms with Crippen molar-refractivity contribution in [3.63, 3.8) is 0 Å². The zero-order valence-corrected chi connectivity index (χ0v) is 15.3. The molecule has 1 aliphatic rings. The average molecular weight is 360 g/mol. The Labute approximate surface area is 157 Å². The molecule has 2 aromatic heterocycles. The van der Waals surface area contributed by atoms with E-state index in [1.165, 1.54) is 0 Å². The summed E-state index contributed by atoms with van der Waals surface area (Å²) in [7, 11) is 0. The number of aromatic nitrogens is 4. The lowest BCUT2D eigenvalue weighted by Gasteiger charge is -2.34. The van der Waals surface area contributed by atoms with Gasteiger partial charge in [0.1, 0.15) is 6.54 Å². The number of rotatable bonds is 3. The highest BCUT2D eigenvalue weighted by Gasteiger charge is 2.27. The highest BCUT2D eigenvalue weighted by molar-refractivity contribution is 5.97. The summed E-state index contributed by atoms with van der Waals surface area (Å²) in [6, 6.07) is 11.8. The fraction of sp³-hybridized carbons (Fsp3) is 0.250. The quantitative estimate of drug-likeness (QED) is 0.714. The molecule has 0 N–H and O–H groups in total. The smallest absolute Gasteiger partial charge is 0.246 e. The molecule has 1 fully saturated rings. The lowest BCUT2D eigenvalue weighted by Crippen LogP contribution is -2.51. The molecule has 0 saturated carbocycles. The van der Waals surface area contributed by atoms with Crippen LogP contribution in [0.25, 0.3) is 11.3 Å². The molecule has 4 rings (SSSR count). The van der Waals surface area contributed by atoms with Crippen LogP contribution in [0.4, 0.5) is 11.6 Å². The van der Waals surface area contributed by atoms with E-state index >= 15 is 0 Å². The van der Waals surface area contributed by atoms with E-state index in [0.29, 0.717) is 19.0 Å². The third-order valence-electron chi connectivity index (χ3n) is 4.66. The van der Waals surface area contributed by atoms with Gasteiger partial charge in [-0.05, 0) is 31.5 Å². The topological polar surface area (TPSA) is 75.1 Å². The monoisotopic (exact) mass is 360 g/mol. The molecular formula is C20H20N6O. The van der Waals surface area contributed by atoms with Crippen LogP contribution in [-0.4, -0.2) is 45.7 Å². The van der Waals surface area contributed by atoms with E-state index in [1.54, 1.807) is 17.3 Å². The minimum Gasteiger partial charge on any atom is -0.328 e. The first-order valence-electron chi connectivity index (χ1n) is 8.85. The van der Waals surface area contributed by atoms with E-state index in [4.69, 9.17) is 0 Å². The van der Waals surface area contributed by atoms with E-state index in [0.717, 1.165) is 28.2 Å². The minimum absolute atomic E-state index is 0.0109. The van der Waals surface area contributed by atoms with Gasteiger partial charge in [0.15, 0.2) is 0 Å². The molecule has 0 aliphatic carbocycles. The molecule has 1 aliphatic heterocycles. The molecule has 0 spiro atoms. The minimum atomic E-state index is 0.0109. The van der Waals surface area contributed by atoms with Gasteiger partial charge in [-0.2, -0.15) is 5.10 Å². The zero-order valence-electron chi connectivity index (χ0n) is 15.3. The van der Waals surface area contributed by atoms with Crippen LogP contribution >= 0.6 is 0 Å². The second-order valence-corrected chi connectivity index (χ2v) is 6.58. The number of pyridine rings is 1. The molecule has 27 heavy (non-hydrogen) atoms. The van der Waals surface area contributed by atoms with Gasteiger partial charge in [0.25, 0.3) is 0 Å². The maximum atomic E-state index is 12.7. The predicted octanol–water partition coefficient (Wildman–Crippen LogP) is 2.40. The van der Waals surface area contributed by atoms with Crippen LogP contribution in [0.1, 0.15) is 11.3 Å². The third-order valence-corrected chi connectivity index (χ3v) is 4.66. The number of hydrogen-bond acceptors (Lipinski definition) is 6. The number of amides is 1. The first kappa shape index (κ1) is 17.1. The Morgan fingerprint density at radius 2 is 1.93 bits per heavy atom. The van der Waals surface area contributed by atoms with Crippen LogP contribution in [0.2, 0.25) is 0 Å². The van der Waals surface area contributed by atoms with Gasteiger partial charge in [0, 0.05) is 36.2 Å². The molecule has 1 aromatic carbocycles. The van der Waals surface area contributed by atoms with Gasteiger partial charge in [0.05, 0.1) is 11.9 Å². The van der Waals surface area contributed by atoms with E-state index in [-0.39, 0.29) is 12.5 Å². The van der Waals surface area contributed by atoms with Crippen molar-refractivity contribution in [1.82, 2.24) is 20.2 Å². The van der Waals surface area contributed by atoms with Gasteiger partial charge >= 0.3 is 0 Å². The van der Waals surface area contributed by atoms with E-state index < -0.39 is 0 Å². The van der Waals surface area contributed by atoms with Gasteiger partial charge in [-0.3, -0.25) is 9.78 Å². The Morgan fingerprint density at radius 1 is 1.07 bits per heavy atom. The zero-order chi connectivity index (χ0) is 18.8. The summed E-state index contributed by atoms with van der Waals surface area (Å²) in [5, 5.41) is 8.25. The summed E-state index contributed by atoms with van der Waals surface area (Å²) in [5.74, 6) is 0.492.